The lowest BCUT2D eigenvalue weighted by atomic mass is 9.72. The van der Waals surface area contributed by atoms with E-state index in [9.17, 15) is 4.79 Å². The van der Waals surface area contributed by atoms with E-state index in [1.54, 1.807) is 0 Å². The zero-order valence-corrected chi connectivity index (χ0v) is 16.5. The Morgan fingerprint density at radius 2 is 1.83 bits per heavy atom. The number of carbonyl (C=O) groups is 1. The molecule has 0 bridgehead atoms. The summed E-state index contributed by atoms with van der Waals surface area (Å²) in [6, 6.07) is 7.53. The molecule has 1 aliphatic carbocycles. The van der Waals surface area contributed by atoms with Crippen LogP contribution >= 0.6 is 23.4 Å². The predicted octanol–water partition coefficient (Wildman–Crippen LogP) is 5.53. The Morgan fingerprint density at radius 3 is 2.38 bits per heavy atom. The maximum Gasteiger partial charge on any atom is 0.253 e. The molecule has 1 saturated carbocycles. The summed E-state index contributed by atoms with van der Waals surface area (Å²) in [5.74, 6) is 0.687. The van der Waals surface area contributed by atoms with Crippen molar-refractivity contribution in [2.75, 3.05) is 0 Å². The first-order chi connectivity index (χ1) is 11.3. The lowest BCUT2D eigenvalue weighted by Gasteiger charge is -2.34. The van der Waals surface area contributed by atoms with Crippen molar-refractivity contribution < 1.29 is 4.79 Å². The van der Waals surface area contributed by atoms with Crippen LogP contribution in [0.1, 0.15) is 53.4 Å². The number of carbonyl (C=O) groups excluding carboxylic acids is 1. The van der Waals surface area contributed by atoms with Crippen molar-refractivity contribution in [3.05, 3.63) is 29.3 Å². The van der Waals surface area contributed by atoms with Crippen molar-refractivity contribution in [3.8, 4) is 0 Å². The molecule has 1 aliphatic rings. The van der Waals surface area contributed by atoms with E-state index in [4.69, 9.17) is 11.6 Å². The third kappa shape index (κ3) is 5.82. The lowest BCUT2D eigenvalue weighted by molar-refractivity contribution is -0.120. The monoisotopic (exact) mass is 366 g/mol. The maximum atomic E-state index is 12.2. The maximum absolute atomic E-state index is 12.2. The normalized spacial score (nSPS) is 19.7. The summed E-state index contributed by atoms with van der Waals surface area (Å²) in [5, 5.41) is 4.87. The third-order valence-corrected chi connectivity index (χ3v) is 5.97. The number of nitrogens with one attached hydrogen (secondary N) is 1. The first kappa shape index (κ1) is 19.3. The lowest BCUT2D eigenvalue weighted by Crippen LogP contribution is -2.30. The van der Waals surface area contributed by atoms with E-state index in [0.29, 0.717) is 10.4 Å². The van der Waals surface area contributed by atoms with Crippen molar-refractivity contribution in [2.45, 2.75) is 63.5 Å². The van der Waals surface area contributed by atoms with Gasteiger partial charge in [0, 0.05) is 15.6 Å². The molecule has 0 aliphatic heterocycles. The van der Waals surface area contributed by atoms with Gasteiger partial charge in [-0.05, 0) is 68.2 Å². The molecule has 1 atom stereocenters. The van der Waals surface area contributed by atoms with Crippen LogP contribution in [0.4, 0.5) is 0 Å². The van der Waals surface area contributed by atoms with Crippen molar-refractivity contribution in [3.63, 3.8) is 0 Å². The van der Waals surface area contributed by atoms with Crippen LogP contribution in [0, 0.1) is 11.3 Å². The molecule has 3 nitrogen and oxygen atoms in total. The topological polar surface area (TPSA) is 41.5 Å². The Bertz CT molecular complexity index is 582. The number of rotatable bonds is 4. The fraction of sp³-hybridized carbons (Fsp3) is 0.579. The average Bonchev–Trinajstić information content (AvgIpc) is 2.54. The van der Waals surface area contributed by atoms with Gasteiger partial charge in [0.2, 0.25) is 0 Å². The number of hydrazone groups is 1. The van der Waals surface area contributed by atoms with Crippen LogP contribution in [0.5, 0.6) is 0 Å². The van der Waals surface area contributed by atoms with Crippen LogP contribution < -0.4 is 5.43 Å². The van der Waals surface area contributed by atoms with E-state index in [1.165, 1.54) is 11.8 Å². The van der Waals surface area contributed by atoms with Gasteiger partial charge in [-0.1, -0.05) is 32.4 Å². The molecule has 1 aromatic carbocycles. The van der Waals surface area contributed by atoms with Gasteiger partial charge in [-0.2, -0.15) is 5.10 Å². The number of amides is 1. The Hall–Kier alpha value is -1.00. The van der Waals surface area contributed by atoms with Crippen molar-refractivity contribution in [2.24, 2.45) is 16.4 Å². The minimum atomic E-state index is -0.193. The quantitative estimate of drug-likeness (QED) is 0.562. The number of benzene rings is 1. The first-order valence-electron chi connectivity index (χ1n) is 8.53. The Balaban J connectivity index is 1.81. The van der Waals surface area contributed by atoms with E-state index in [1.807, 2.05) is 31.2 Å². The SMILES string of the molecule is C[C@H](Sc1ccc(Cl)cc1)C(=O)NN=C1CCC(C(C)(C)C)CC1. The number of thioether (sulfide) groups is 1. The van der Waals surface area contributed by atoms with Gasteiger partial charge in [0.1, 0.15) is 0 Å². The van der Waals surface area contributed by atoms with Gasteiger partial charge in [0.25, 0.3) is 5.91 Å². The summed E-state index contributed by atoms with van der Waals surface area (Å²) in [6.45, 7) is 8.80. The van der Waals surface area contributed by atoms with E-state index < -0.39 is 0 Å². The highest BCUT2D eigenvalue weighted by Crippen LogP contribution is 2.36. The molecule has 1 N–H and O–H groups in total. The molecule has 0 unspecified atom stereocenters. The van der Waals surface area contributed by atoms with Crippen LogP contribution in [0.15, 0.2) is 34.3 Å². The molecule has 1 aromatic rings. The number of hydrogen-bond donors (Lipinski definition) is 1. The summed E-state index contributed by atoms with van der Waals surface area (Å²) in [7, 11) is 0. The van der Waals surface area contributed by atoms with E-state index in [2.05, 4.69) is 31.3 Å². The van der Waals surface area contributed by atoms with Gasteiger partial charge in [-0.25, -0.2) is 5.43 Å². The molecule has 0 aromatic heterocycles. The first-order valence-corrected chi connectivity index (χ1v) is 9.79. The summed E-state index contributed by atoms with van der Waals surface area (Å²) in [6.07, 6.45) is 4.29. The summed E-state index contributed by atoms with van der Waals surface area (Å²) in [5.41, 5.74) is 4.22. The highest BCUT2D eigenvalue weighted by atomic mass is 35.5. The van der Waals surface area contributed by atoms with Gasteiger partial charge in [-0.15, -0.1) is 11.8 Å². The smallest absolute Gasteiger partial charge is 0.253 e. The molecule has 1 fully saturated rings. The molecule has 24 heavy (non-hydrogen) atoms. The van der Waals surface area contributed by atoms with Crippen LogP contribution in [-0.4, -0.2) is 16.9 Å². The second-order valence-electron chi connectivity index (χ2n) is 7.51. The van der Waals surface area contributed by atoms with Gasteiger partial charge in [-0.3, -0.25) is 4.79 Å². The second kappa shape index (κ2) is 8.39. The van der Waals surface area contributed by atoms with Gasteiger partial charge >= 0.3 is 0 Å². The second-order valence-corrected chi connectivity index (χ2v) is 9.36. The molecule has 5 heteroatoms. The van der Waals surface area contributed by atoms with Crippen molar-refractivity contribution in [1.29, 1.82) is 0 Å². The van der Waals surface area contributed by atoms with E-state index in [0.717, 1.165) is 42.2 Å². The number of hydrogen-bond acceptors (Lipinski definition) is 3. The molecule has 0 radical (unpaired) electrons. The number of nitrogens with zero attached hydrogens (tertiary/aromatic N) is 1. The fourth-order valence-corrected chi connectivity index (χ4v) is 3.91. The van der Waals surface area contributed by atoms with Crippen LogP contribution in [0.25, 0.3) is 0 Å². The molecule has 0 heterocycles. The minimum Gasteiger partial charge on any atom is -0.272 e. The third-order valence-electron chi connectivity index (χ3n) is 4.61. The molecular formula is C19H27ClN2OS. The fourth-order valence-electron chi connectivity index (χ4n) is 2.92. The largest absolute Gasteiger partial charge is 0.272 e. The molecular weight excluding hydrogens is 340 g/mol. The zero-order chi connectivity index (χ0) is 17.7. The van der Waals surface area contributed by atoms with Gasteiger partial charge in [0.15, 0.2) is 0 Å². The molecule has 0 spiro atoms. The minimum absolute atomic E-state index is 0.0552. The molecule has 1 amide bonds. The highest BCUT2D eigenvalue weighted by Gasteiger charge is 2.28. The van der Waals surface area contributed by atoms with Gasteiger partial charge in [0.05, 0.1) is 5.25 Å². The highest BCUT2D eigenvalue weighted by molar-refractivity contribution is 8.00. The van der Waals surface area contributed by atoms with E-state index >= 15 is 0 Å². The summed E-state index contributed by atoms with van der Waals surface area (Å²) < 4.78 is 0. The average molecular weight is 367 g/mol. The molecule has 132 valence electrons. The van der Waals surface area contributed by atoms with Gasteiger partial charge < -0.3 is 0 Å². The molecule has 0 saturated heterocycles. The Labute approximate surface area is 154 Å². The Morgan fingerprint density at radius 1 is 1.25 bits per heavy atom. The van der Waals surface area contributed by atoms with Crippen LogP contribution in [-0.2, 0) is 4.79 Å². The Kier molecular flexibility index (Phi) is 6.76. The zero-order valence-electron chi connectivity index (χ0n) is 14.9. The summed E-state index contributed by atoms with van der Waals surface area (Å²) in [4.78, 5) is 13.2. The van der Waals surface area contributed by atoms with Crippen LogP contribution in [0.3, 0.4) is 0 Å². The van der Waals surface area contributed by atoms with Crippen molar-refractivity contribution in [1.82, 2.24) is 5.43 Å². The standard InChI is InChI=1S/C19H27ClN2OS/c1-13(24-17-11-7-15(20)8-12-17)18(23)22-21-16-9-5-14(6-10-16)19(2,3)4/h7-8,11-14H,5-6,9-10H2,1-4H3,(H,22,23)/t13-,14?/m0/s1. The van der Waals surface area contributed by atoms with E-state index in [-0.39, 0.29) is 11.2 Å². The predicted molar refractivity (Wildman–Crippen MR) is 104 cm³/mol. The van der Waals surface area contributed by atoms with Crippen LogP contribution in [0.2, 0.25) is 5.02 Å². The summed E-state index contributed by atoms with van der Waals surface area (Å²) >= 11 is 7.39. The van der Waals surface area contributed by atoms with Crippen molar-refractivity contribution >= 4 is 35.0 Å². The molecule has 2 rings (SSSR count). The number of halogens is 1.